The van der Waals surface area contributed by atoms with Crippen molar-refractivity contribution in [1.82, 2.24) is 15.5 Å². The Morgan fingerprint density at radius 2 is 2.19 bits per heavy atom. The summed E-state index contributed by atoms with van der Waals surface area (Å²) in [6, 6.07) is 3.28. The Kier molecular flexibility index (Phi) is 5.53. The van der Waals surface area contributed by atoms with Gasteiger partial charge in [-0.05, 0) is 32.8 Å². The zero-order chi connectivity index (χ0) is 12.0. The molecule has 2 unspecified atom stereocenters. The second kappa shape index (κ2) is 6.69. The molecule has 16 heavy (non-hydrogen) atoms. The fourth-order valence-electron chi connectivity index (χ4n) is 2.11. The number of nitrogens with zero attached hydrogens (tertiary/aromatic N) is 1. The van der Waals surface area contributed by atoms with Gasteiger partial charge in [0.15, 0.2) is 0 Å². The van der Waals surface area contributed by atoms with Gasteiger partial charge in [-0.2, -0.15) is 5.10 Å². The van der Waals surface area contributed by atoms with E-state index in [2.05, 4.69) is 42.4 Å². The first-order valence-corrected chi connectivity index (χ1v) is 6.42. The van der Waals surface area contributed by atoms with Crippen LogP contribution in [0.3, 0.4) is 0 Å². The minimum absolute atomic E-state index is 0.499. The number of hydrogen-bond acceptors (Lipinski definition) is 2. The van der Waals surface area contributed by atoms with Crippen molar-refractivity contribution in [2.75, 3.05) is 0 Å². The fourth-order valence-corrected chi connectivity index (χ4v) is 2.11. The number of hydrogen-bond donors (Lipinski definition) is 2. The van der Waals surface area contributed by atoms with Gasteiger partial charge < -0.3 is 5.32 Å². The normalized spacial score (nSPS) is 15.0. The summed E-state index contributed by atoms with van der Waals surface area (Å²) in [6.07, 6.45) is 4.72. The molecule has 2 atom stereocenters. The zero-order valence-electron chi connectivity index (χ0n) is 11.0. The van der Waals surface area contributed by atoms with E-state index < -0.39 is 0 Å². The van der Waals surface area contributed by atoms with Crippen molar-refractivity contribution >= 4 is 0 Å². The van der Waals surface area contributed by atoms with Gasteiger partial charge in [-0.3, -0.25) is 5.10 Å². The minimum atomic E-state index is 0.499. The molecule has 3 heteroatoms. The molecule has 0 spiro atoms. The number of aromatic nitrogens is 2. The molecule has 3 nitrogen and oxygen atoms in total. The molecule has 92 valence electrons. The average molecular weight is 223 g/mol. The summed E-state index contributed by atoms with van der Waals surface area (Å²) in [6.45, 7) is 8.77. The predicted octanol–water partition coefficient (Wildman–Crippen LogP) is 2.82. The average Bonchev–Trinajstić information content (AvgIpc) is 2.63. The van der Waals surface area contributed by atoms with Gasteiger partial charge in [-0.25, -0.2) is 0 Å². The molecule has 1 rings (SSSR count). The standard InChI is InChI=1S/C13H25N3/c1-5-7-12(6-2)14-10(3)8-13-9-11(4)15-16-13/h9-10,12,14H,5-8H2,1-4H3,(H,15,16). The van der Waals surface area contributed by atoms with Gasteiger partial charge in [0.05, 0.1) is 5.69 Å². The lowest BCUT2D eigenvalue weighted by Crippen LogP contribution is -2.37. The van der Waals surface area contributed by atoms with E-state index >= 15 is 0 Å². The topological polar surface area (TPSA) is 40.7 Å². The molecule has 0 saturated heterocycles. The number of aromatic amines is 1. The minimum Gasteiger partial charge on any atom is -0.311 e. The van der Waals surface area contributed by atoms with Crippen molar-refractivity contribution < 1.29 is 0 Å². The summed E-state index contributed by atoms with van der Waals surface area (Å²) < 4.78 is 0. The highest BCUT2D eigenvalue weighted by Gasteiger charge is 2.11. The smallest absolute Gasteiger partial charge is 0.0640 e. The molecular weight excluding hydrogens is 198 g/mol. The van der Waals surface area contributed by atoms with Gasteiger partial charge in [-0.1, -0.05) is 20.3 Å². The summed E-state index contributed by atoms with van der Waals surface area (Å²) in [4.78, 5) is 0. The van der Waals surface area contributed by atoms with E-state index in [9.17, 15) is 0 Å². The number of aryl methyl sites for hydroxylation is 1. The van der Waals surface area contributed by atoms with Gasteiger partial charge in [0.2, 0.25) is 0 Å². The molecule has 0 radical (unpaired) electrons. The molecular formula is C13H25N3. The maximum atomic E-state index is 4.27. The van der Waals surface area contributed by atoms with Crippen LogP contribution in [-0.4, -0.2) is 22.3 Å². The maximum absolute atomic E-state index is 4.27. The number of rotatable bonds is 7. The van der Waals surface area contributed by atoms with Gasteiger partial charge in [0, 0.05) is 24.2 Å². The van der Waals surface area contributed by atoms with Crippen LogP contribution in [0.5, 0.6) is 0 Å². The van der Waals surface area contributed by atoms with Crippen LogP contribution in [0, 0.1) is 6.92 Å². The molecule has 0 amide bonds. The highest BCUT2D eigenvalue weighted by atomic mass is 15.1. The van der Waals surface area contributed by atoms with E-state index in [0.717, 1.165) is 17.8 Å². The molecule has 0 saturated carbocycles. The molecule has 0 bridgehead atoms. The van der Waals surface area contributed by atoms with Gasteiger partial charge in [0.25, 0.3) is 0 Å². The van der Waals surface area contributed by atoms with Crippen molar-refractivity contribution in [3.63, 3.8) is 0 Å². The lowest BCUT2D eigenvalue weighted by Gasteiger charge is -2.21. The van der Waals surface area contributed by atoms with Crippen LogP contribution < -0.4 is 5.32 Å². The number of H-pyrrole nitrogens is 1. The van der Waals surface area contributed by atoms with E-state index in [1.165, 1.54) is 19.3 Å². The third kappa shape index (κ3) is 4.35. The Balaban J connectivity index is 2.37. The second-order valence-electron chi connectivity index (χ2n) is 4.71. The summed E-state index contributed by atoms with van der Waals surface area (Å²) >= 11 is 0. The molecule has 0 aliphatic carbocycles. The summed E-state index contributed by atoms with van der Waals surface area (Å²) in [7, 11) is 0. The van der Waals surface area contributed by atoms with Crippen LogP contribution >= 0.6 is 0 Å². The fraction of sp³-hybridized carbons (Fsp3) is 0.769. The van der Waals surface area contributed by atoms with E-state index in [0.29, 0.717) is 12.1 Å². The number of nitrogens with one attached hydrogen (secondary N) is 2. The predicted molar refractivity (Wildman–Crippen MR) is 68.6 cm³/mol. The van der Waals surface area contributed by atoms with Gasteiger partial charge in [-0.15, -0.1) is 0 Å². The van der Waals surface area contributed by atoms with Crippen LogP contribution in [0.4, 0.5) is 0 Å². The van der Waals surface area contributed by atoms with Crippen LogP contribution in [0.2, 0.25) is 0 Å². The molecule has 1 aromatic heterocycles. The van der Waals surface area contributed by atoms with Crippen molar-refractivity contribution in [2.24, 2.45) is 0 Å². The van der Waals surface area contributed by atoms with Crippen LogP contribution in [-0.2, 0) is 6.42 Å². The van der Waals surface area contributed by atoms with Crippen molar-refractivity contribution in [1.29, 1.82) is 0 Å². The Morgan fingerprint density at radius 1 is 1.44 bits per heavy atom. The van der Waals surface area contributed by atoms with Crippen LogP contribution in [0.25, 0.3) is 0 Å². The largest absolute Gasteiger partial charge is 0.311 e. The van der Waals surface area contributed by atoms with E-state index in [1.54, 1.807) is 0 Å². The van der Waals surface area contributed by atoms with E-state index in [1.807, 2.05) is 6.92 Å². The Morgan fingerprint density at radius 3 is 2.69 bits per heavy atom. The maximum Gasteiger partial charge on any atom is 0.0640 e. The molecule has 0 fully saturated rings. The van der Waals surface area contributed by atoms with Crippen molar-refractivity contribution in [2.45, 2.75) is 65.5 Å². The van der Waals surface area contributed by atoms with Crippen LogP contribution in [0.15, 0.2) is 6.07 Å². The van der Waals surface area contributed by atoms with E-state index in [4.69, 9.17) is 0 Å². The molecule has 1 heterocycles. The third-order valence-corrected chi connectivity index (χ3v) is 2.92. The second-order valence-corrected chi connectivity index (χ2v) is 4.71. The summed E-state index contributed by atoms with van der Waals surface area (Å²) in [5.74, 6) is 0. The first-order valence-electron chi connectivity index (χ1n) is 6.42. The van der Waals surface area contributed by atoms with E-state index in [-0.39, 0.29) is 0 Å². The van der Waals surface area contributed by atoms with Crippen LogP contribution in [0.1, 0.15) is 51.4 Å². The lowest BCUT2D eigenvalue weighted by molar-refractivity contribution is 0.406. The highest BCUT2D eigenvalue weighted by molar-refractivity contribution is 5.07. The molecule has 0 aliphatic heterocycles. The first-order chi connectivity index (χ1) is 7.65. The summed E-state index contributed by atoms with van der Waals surface area (Å²) in [5.41, 5.74) is 2.30. The van der Waals surface area contributed by atoms with Gasteiger partial charge in [0.1, 0.15) is 0 Å². The molecule has 0 aromatic carbocycles. The molecule has 2 N–H and O–H groups in total. The Labute approximate surface area is 99.0 Å². The first kappa shape index (κ1) is 13.2. The SMILES string of the molecule is CCCC(CC)NC(C)Cc1cc(C)[nH]n1. The monoisotopic (exact) mass is 223 g/mol. The highest BCUT2D eigenvalue weighted by Crippen LogP contribution is 2.06. The quantitative estimate of drug-likeness (QED) is 0.746. The Bertz CT molecular complexity index is 293. The zero-order valence-corrected chi connectivity index (χ0v) is 11.0. The van der Waals surface area contributed by atoms with Crippen molar-refractivity contribution in [3.05, 3.63) is 17.5 Å². The van der Waals surface area contributed by atoms with Crippen molar-refractivity contribution in [3.8, 4) is 0 Å². The Hall–Kier alpha value is -0.830. The molecule has 0 aliphatic rings. The lowest BCUT2D eigenvalue weighted by atomic mass is 10.1. The third-order valence-electron chi connectivity index (χ3n) is 2.92. The van der Waals surface area contributed by atoms with Gasteiger partial charge >= 0.3 is 0 Å². The summed E-state index contributed by atoms with van der Waals surface area (Å²) in [5, 5.41) is 10.9. The molecule has 1 aromatic rings.